The predicted octanol–water partition coefficient (Wildman–Crippen LogP) is 3.23. The maximum absolute atomic E-state index is 12.2. The van der Waals surface area contributed by atoms with Crippen molar-refractivity contribution in [2.75, 3.05) is 23.8 Å². The fourth-order valence-corrected chi connectivity index (χ4v) is 2.50. The van der Waals surface area contributed by atoms with Crippen molar-refractivity contribution in [1.29, 1.82) is 0 Å². The van der Waals surface area contributed by atoms with Gasteiger partial charge in [0, 0.05) is 18.8 Å². The molecule has 1 saturated heterocycles. The lowest BCUT2D eigenvalue weighted by atomic mass is 10.2. The summed E-state index contributed by atoms with van der Waals surface area (Å²) >= 11 is 0. The third kappa shape index (κ3) is 4.29. The third-order valence-corrected chi connectivity index (χ3v) is 3.86. The molecule has 1 unspecified atom stereocenters. The molecule has 1 fully saturated rings. The molecule has 1 aliphatic heterocycles. The summed E-state index contributed by atoms with van der Waals surface area (Å²) in [6.45, 7) is 3.63. The lowest BCUT2D eigenvalue weighted by Gasteiger charge is -2.12. The van der Waals surface area contributed by atoms with E-state index in [0.29, 0.717) is 5.69 Å². The highest BCUT2D eigenvalue weighted by atomic mass is 16.5. The van der Waals surface area contributed by atoms with Crippen molar-refractivity contribution in [3.63, 3.8) is 0 Å². The van der Waals surface area contributed by atoms with Gasteiger partial charge >= 0.3 is 0 Å². The number of pyridine rings is 1. The van der Waals surface area contributed by atoms with E-state index in [1.165, 1.54) is 0 Å². The summed E-state index contributed by atoms with van der Waals surface area (Å²) in [6.07, 6.45) is 4.18. The molecule has 0 bridgehead atoms. The zero-order valence-corrected chi connectivity index (χ0v) is 13.2. The van der Waals surface area contributed by atoms with E-state index in [1.54, 1.807) is 12.3 Å². The van der Waals surface area contributed by atoms with Crippen molar-refractivity contribution in [1.82, 2.24) is 4.98 Å². The van der Waals surface area contributed by atoms with Gasteiger partial charge in [-0.2, -0.15) is 0 Å². The number of rotatable bonds is 5. The maximum atomic E-state index is 12.2. The SMILES string of the molecule is Cc1ccc(NC(=O)c2ccc(NCC3CCCO3)cn2)cc1. The molecule has 1 aromatic carbocycles. The van der Waals surface area contributed by atoms with Gasteiger partial charge in [-0.3, -0.25) is 4.79 Å². The van der Waals surface area contributed by atoms with Crippen LogP contribution in [0.2, 0.25) is 0 Å². The van der Waals surface area contributed by atoms with E-state index in [-0.39, 0.29) is 12.0 Å². The molecular weight excluding hydrogens is 290 g/mol. The zero-order valence-electron chi connectivity index (χ0n) is 13.2. The van der Waals surface area contributed by atoms with Crippen molar-refractivity contribution in [2.24, 2.45) is 0 Å². The molecule has 0 aliphatic carbocycles. The highest BCUT2D eigenvalue weighted by molar-refractivity contribution is 6.02. The lowest BCUT2D eigenvalue weighted by Crippen LogP contribution is -2.19. The van der Waals surface area contributed by atoms with Gasteiger partial charge < -0.3 is 15.4 Å². The molecule has 1 aliphatic rings. The van der Waals surface area contributed by atoms with Crippen LogP contribution < -0.4 is 10.6 Å². The number of benzene rings is 1. The maximum Gasteiger partial charge on any atom is 0.274 e. The number of anilines is 2. The molecule has 1 aromatic heterocycles. The Morgan fingerprint density at radius 1 is 1.22 bits per heavy atom. The van der Waals surface area contributed by atoms with E-state index >= 15 is 0 Å². The van der Waals surface area contributed by atoms with Gasteiger partial charge in [-0.25, -0.2) is 4.98 Å². The van der Waals surface area contributed by atoms with Crippen LogP contribution in [-0.2, 0) is 4.74 Å². The standard InChI is InChI=1S/C18H21N3O2/c1-13-4-6-14(7-5-13)21-18(22)17-9-8-15(11-20-17)19-12-16-3-2-10-23-16/h4-9,11,16,19H,2-3,10,12H2,1H3,(H,21,22). The summed E-state index contributed by atoms with van der Waals surface area (Å²) in [5.74, 6) is -0.209. The topological polar surface area (TPSA) is 63.2 Å². The minimum Gasteiger partial charge on any atom is -0.381 e. The second-order valence-electron chi connectivity index (χ2n) is 5.77. The number of hydrogen-bond donors (Lipinski definition) is 2. The van der Waals surface area contributed by atoms with Crippen LogP contribution in [0.5, 0.6) is 0 Å². The molecule has 2 heterocycles. The van der Waals surface area contributed by atoms with Crippen LogP contribution >= 0.6 is 0 Å². The number of ether oxygens (including phenoxy) is 1. The van der Waals surface area contributed by atoms with Gasteiger partial charge in [-0.15, -0.1) is 0 Å². The van der Waals surface area contributed by atoms with Crippen LogP contribution in [-0.4, -0.2) is 30.1 Å². The van der Waals surface area contributed by atoms with E-state index in [2.05, 4.69) is 15.6 Å². The largest absolute Gasteiger partial charge is 0.381 e. The highest BCUT2D eigenvalue weighted by Gasteiger charge is 2.15. The fraction of sp³-hybridized carbons (Fsp3) is 0.333. The Hall–Kier alpha value is -2.40. The van der Waals surface area contributed by atoms with Gasteiger partial charge in [-0.1, -0.05) is 17.7 Å². The van der Waals surface area contributed by atoms with E-state index in [1.807, 2.05) is 37.3 Å². The fourth-order valence-electron chi connectivity index (χ4n) is 2.50. The molecule has 3 rings (SSSR count). The molecule has 1 amide bonds. The molecule has 2 aromatic rings. The molecule has 0 radical (unpaired) electrons. The average Bonchev–Trinajstić information content (AvgIpc) is 3.09. The Morgan fingerprint density at radius 2 is 2.00 bits per heavy atom. The first-order chi connectivity index (χ1) is 11.2. The van der Waals surface area contributed by atoms with E-state index in [9.17, 15) is 4.79 Å². The van der Waals surface area contributed by atoms with Crippen LogP contribution in [0.1, 0.15) is 28.9 Å². The van der Waals surface area contributed by atoms with Crippen LogP contribution in [0.25, 0.3) is 0 Å². The van der Waals surface area contributed by atoms with Gasteiger partial charge in [0.05, 0.1) is 18.0 Å². The number of aryl methyl sites for hydroxylation is 1. The summed E-state index contributed by atoms with van der Waals surface area (Å²) in [5, 5.41) is 6.13. The first kappa shape index (κ1) is 15.5. The van der Waals surface area contributed by atoms with Gasteiger partial charge in [-0.05, 0) is 44.0 Å². The Bertz CT molecular complexity index is 647. The van der Waals surface area contributed by atoms with Crippen molar-refractivity contribution < 1.29 is 9.53 Å². The van der Waals surface area contributed by atoms with E-state index in [0.717, 1.165) is 42.9 Å². The van der Waals surface area contributed by atoms with Crippen molar-refractivity contribution in [3.05, 3.63) is 53.9 Å². The third-order valence-electron chi connectivity index (χ3n) is 3.86. The molecular formula is C18H21N3O2. The minimum atomic E-state index is -0.209. The molecule has 0 spiro atoms. The van der Waals surface area contributed by atoms with Crippen molar-refractivity contribution in [2.45, 2.75) is 25.9 Å². The number of hydrogen-bond acceptors (Lipinski definition) is 4. The summed E-state index contributed by atoms with van der Waals surface area (Å²) < 4.78 is 5.56. The second kappa shape index (κ2) is 7.24. The first-order valence-corrected chi connectivity index (χ1v) is 7.90. The van der Waals surface area contributed by atoms with Crippen LogP contribution in [0.4, 0.5) is 11.4 Å². The van der Waals surface area contributed by atoms with Crippen molar-refractivity contribution >= 4 is 17.3 Å². The number of amides is 1. The zero-order chi connectivity index (χ0) is 16.1. The molecule has 5 heteroatoms. The minimum absolute atomic E-state index is 0.209. The molecule has 5 nitrogen and oxygen atoms in total. The predicted molar refractivity (Wildman–Crippen MR) is 90.8 cm³/mol. The number of aromatic nitrogens is 1. The number of carbonyl (C=O) groups is 1. The first-order valence-electron chi connectivity index (χ1n) is 7.90. The van der Waals surface area contributed by atoms with Gasteiger partial charge in [0.25, 0.3) is 5.91 Å². The summed E-state index contributed by atoms with van der Waals surface area (Å²) in [7, 11) is 0. The van der Waals surface area contributed by atoms with Crippen molar-refractivity contribution in [3.8, 4) is 0 Å². The van der Waals surface area contributed by atoms with Crippen LogP contribution in [0.3, 0.4) is 0 Å². The normalized spacial score (nSPS) is 17.0. The molecule has 23 heavy (non-hydrogen) atoms. The average molecular weight is 311 g/mol. The molecule has 120 valence electrons. The summed E-state index contributed by atoms with van der Waals surface area (Å²) in [5.41, 5.74) is 3.21. The van der Waals surface area contributed by atoms with Gasteiger partial charge in [0.15, 0.2) is 0 Å². The Balaban J connectivity index is 1.55. The summed E-state index contributed by atoms with van der Waals surface area (Å²) in [6, 6.07) is 11.3. The number of nitrogens with one attached hydrogen (secondary N) is 2. The quantitative estimate of drug-likeness (QED) is 0.890. The van der Waals surface area contributed by atoms with Gasteiger partial charge in [0.1, 0.15) is 5.69 Å². The number of nitrogens with zero attached hydrogens (tertiary/aromatic N) is 1. The van der Waals surface area contributed by atoms with Gasteiger partial charge in [0.2, 0.25) is 0 Å². The number of carbonyl (C=O) groups excluding carboxylic acids is 1. The highest BCUT2D eigenvalue weighted by Crippen LogP contribution is 2.14. The van der Waals surface area contributed by atoms with Crippen LogP contribution in [0.15, 0.2) is 42.6 Å². The van der Waals surface area contributed by atoms with E-state index < -0.39 is 0 Å². The lowest BCUT2D eigenvalue weighted by molar-refractivity contribution is 0.102. The molecule has 2 N–H and O–H groups in total. The summed E-state index contributed by atoms with van der Waals surface area (Å²) in [4.78, 5) is 16.4. The second-order valence-corrected chi connectivity index (χ2v) is 5.77. The smallest absolute Gasteiger partial charge is 0.274 e. The van der Waals surface area contributed by atoms with Crippen LogP contribution in [0, 0.1) is 6.92 Å². The Kier molecular flexibility index (Phi) is 4.88. The van der Waals surface area contributed by atoms with E-state index in [4.69, 9.17) is 4.74 Å². The Labute approximate surface area is 136 Å². The molecule has 0 saturated carbocycles. The monoisotopic (exact) mass is 311 g/mol. The molecule has 1 atom stereocenters. The Morgan fingerprint density at radius 3 is 2.65 bits per heavy atom.